The summed E-state index contributed by atoms with van der Waals surface area (Å²) in [5.41, 5.74) is -0.173. The molecule has 0 radical (unpaired) electrons. The second kappa shape index (κ2) is 6.19. The Balaban J connectivity index is 1.67. The average Bonchev–Trinajstić information content (AvgIpc) is 2.74. The molecule has 0 aromatic rings. The molecule has 3 aliphatic rings. The quantitative estimate of drug-likeness (QED) is 0.869. The minimum Gasteiger partial charge on any atom is -0.307 e. The topological polar surface area (TPSA) is 46.2 Å². The van der Waals surface area contributed by atoms with Gasteiger partial charge >= 0.3 is 0 Å². The third-order valence-corrected chi connectivity index (χ3v) is 8.02. The lowest BCUT2D eigenvalue weighted by molar-refractivity contribution is 0.129. The van der Waals surface area contributed by atoms with Gasteiger partial charge in [-0.1, -0.05) is 44.9 Å². The lowest BCUT2D eigenvalue weighted by atomic mass is 9.70. The number of nitrogens with one attached hydrogen (secondary N) is 1. The summed E-state index contributed by atoms with van der Waals surface area (Å²) in [6.45, 7) is 2.13. The van der Waals surface area contributed by atoms with Crippen molar-refractivity contribution in [3.05, 3.63) is 0 Å². The van der Waals surface area contributed by atoms with Crippen molar-refractivity contribution in [1.82, 2.24) is 5.32 Å². The van der Waals surface area contributed by atoms with Gasteiger partial charge < -0.3 is 5.32 Å². The third-order valence-electron chi connectivity index (χ3n) is 6.11. The van der Waals surface area contributed by atoms with E-state index in [4.69, 9.17) is 0 Å². The largest absolute Gasteiger partial charge is 0.307 e. The van der Waals surface area contributed by atoms with Crippen molar-refractivity contribution < 1.29 is 8.42 Å². The highest BCUT2D eigenvalue weighted by atomic mass is 32.2. The van der Waals surface area contributed by atoms with Crippen LogP contribution < -0.4 is 5.32 Å². The highest BCUT2D eigenvalue weighted by Gasteiger charge is 2.42. The Morgan fingerprint density at radius 1 is 0.952 bits per heavy atom. The fourth-order valence-corrected chi connectivity index (χ4v) is 7.14. The zero-order valence-electron chi connectivity index (χ0n) is 13.4. The van der Waals surface area contributed by atoms with Crippen LogP contribution in [0, 0.1) is 11.8 Å². The summed E-state index contributed by atoms with van der Waals surface area (Å²) in [5.74, 6) is 2.39. The van der Waals surface area contributed by atoms with Crippen molar-refractivity contribution in [3.8, 4) is 0 Å². The highest BCUT2D eigenvalue weighted by Crippen LogP contribution is 2.39. The first-order valence-electron chi connectivity index (χ1n) is 8.96. The number of sulfone groups is 1. The van der Waals surface area contributed by atoms with E-state index in [1.807, 2.05) is 0 Å². The van der Waals surface area contributed by atoms with Gasteiger partial charge in [0.1, 0.15) is 0 Å². The van der Waals surface area contributed by atoms with Crippen LogP contribution in [0.25, 0.3) is 0 Å². The average molecular weight is 314 g/mol. The molecule has 3 rings (SSSR count). The molecule has 0 spiro atoms. The molecule has 3 nitrogen and oxygen atoms in total. The first kappa shape index (κ1) is 15.8. The van der Waals surface area contributed by atoms with Gasteiger partial charge in [-0.3, -0.25) is 0 Å². The van der Waals surface area contributed by atoms with E-state index in [1.54, 1.807) is 0 Å². The minimum absolute atomic E-state index is 0.173. The van der Waals surface area contributed by atoms with Crippen LogP contribution in [-0.2, 0) is 9.84 Å². The van der Waals surface area contributed by atoms with Crippen molar-refractivity contribution in [1.29, 1.82) is 0 Å². The molecular weight excluding hydrogens is 282 g/mol. The summed E-state index contributed by atoms with van der Waals surface area (Å²) in [4.78, 5) is 0. The Morgan fingerprint density at radius 3 is 2.29 bits per heavy atom. The molecule has 3 unspecified atom stereocenters. The van der Waals surface area contributed by atoms with Gasteiger partial charge in [0.2, 0.25) is 0 Å². The van der Waals surface area contributed by atoms with E-state index in [2.05, 4.69) is 12.2 Å². The highest BCUT2D eigenvalue weighted by molar-refractivity contribution is 7.91. The lowest BCUT2D eigenvalue weighted by Gasteiger charge is -2.43. The maximum absolute atomic E-state index is 11.8. The molecule has 0 amide bonds. The second-order valence-electron chi connectivity index (χ2n) is 8.00. The minimum atomic E-state index is -2.81. The zero-order valence-corrected chi connectivity index (χ0v) is 14.3. The molecular formula is C17H31NO2S. The SMILES string of the molecule is CC1(NC2CCCCC2C2CCCCC2)CCS(=O)(=O)C1. The Kier molecular flexibility index (Phi) is 4.66. The van der Waals surface area contributed by atoms with Crippen molar-refractivity contribution >= 4 is 9.84 Å². The first-order chi connectivity index (χ1) is 9.98. The molecule has 4 heteroatoms. The summed E-state index contributed by atoms with van der Waals surface area (Å²) in [6.07, 6.45) is 13.1. The predicted octanol–water partition coefficient (Wildman–Crippen LogP) is 3.29. The monoisotopic (exact) mass is 313 g/mol. The molecule has 122 valence electrons. The van der Waals surface area contributed by atoms with Crippen LogP contribution in [0.2, 0.25) is 0 Å². The Labute approximate surface area is 130 Å². The Hall–Kier alpha value is -0.0900. The van der Waals surface area contributed by atoms with Gasteiger partial charge in [-0.05, 0) is 38.0 Å². The van der Waals surface area contributed by atoms with E-state index in [0.717, 1.165) is 18.3 Å². The molecule has 1 saturated heterocycles. The maximum Gasteiger partial charge on any atom is 0.152 e. The van der Waals surface area contributed by atoms with Gasteiger partial charge in [0.05, 0.1) is 11.5 Å². The molecule has 1 heterocycles. The second-order valence-corrected chi connectivity index (χ2v) is 10.2. The van der Waals surface area contributed by atoms with Gasteiger partial charge in [0.25, 0.3) is 0 Å². The Morgan fingerprint density at radius 2 is 1.62 bits per heavy atom. The van der Waals surface area contributed by atoms with Crippen LogP contribution in [0.15, 0.2) is 0 Å². The van der Waals surface area contributed by atoms with Crippen LogP contribution in [0.4, 0.5) is 0 Å². The lowest BCUT2D eigenvalue weighted by Crippen LogP contribution is -2.54. The van der Waals surface area contributed by atoms with Gasteiger partial charge in [-0.2, -0.15) is 0 Å². The van der Waals surface area contributed by atoms with E-state index in [0.29, 0.717) is 17.5 Å². The van der Waals surface area contributed by atoms with Crippen molar-refractivity contribution in [3.63, 3.8) is 0 Å². The molecule has 1 aliphatic heterocycles. The molecule has 1 N–H and O–H groups in total. The van der Waals surface area contributed by atoms with Crippen LogP contribution >= 0.6 is 0 Å². The van der Waals surface area contributed by atoms with Gasteiger partial charge in [-0.15, -0.1) is 0 Å². The predicted molar refractivity (Wildman–Crippen MR) is 87.1 cm³/mol. The van der Waals surface area contributed by atoms with Crippen LogP contribution in [-0.4, -0.2) is 31.5 Å². The van der Waals surface area contributed by atoms with Crippen LogP contribution in [0.1, 0.15) is 71.1 Å². The molecule has 21 heavy (non-hydrogen) atoms. The molecule has 2 aliphatic carbocycles. The van der Waals surface area contributed by atoms with E-state index >= 15 is 0 Å². The van der Waals surface area contributed by atoms with Crippen molar-refractivity contribution in [2.75, 3.05) is 11.5 Å². The van der Waals surface area contributed by atoms with Crippen LogP contribution in [0.3, 0.4) is 0 Å². The fraction of sp³-hybridized carbons (Fsp3) is 1.00. The van der Waals surface area contributed by atoms with E-state index in [9.17, 15) is 8.42 Å². The van der Waals surface area contributed by atoms with E-state index < -0.39 is 9.84 Å². The van der Waals surface area contributed by atoms with Gasteiger partial charge in [-0.25, -0.2) is 8.42 Å². The van der Waals surface area contributed by atoms with Crippen molar-refractivity contribution in [2.45, 2.75) is 82.7 Å². The molecule has 0 aromatic heterocycles. The molecule has 3 fully saturated rings. The smallest absolute Gasteiger partial charge is 0.152 e. The third kappa shape index (κ3) is 3.82. The number of rotatable bonds is 3. The summed E-state index contributed by atoms with van der Waals surface area (Å²) in [6, 6.07) is 0.556. The van der Waals surface area contributed by atoms with E-state index in [-0.39, 0.29) is 5.54 Å². The summed E-state index contributed by atoms with van der Waals surface area (Å²) in [7, 11) is -2.81. The summed E-state index contributed by atoms with van der Waals surface area (Å²) in [5, 5.41) is 3.82. The summed E-state index contributed by atoms with van der Waals surface area (Å²) < 4.78 is 23.7. The number of hydrogen-bond donors (Lipinski definition) is 1. The molecule has 0 aromatic carbocycles. The molecule has 2 saturated carbocycles. The van der Waals surface area contributed by atoms with E-state index in [1.165, 1.54) is 57.8 Å². The fourth-order valence-electron chi connectivity index (χ4n) is 5.04. The van der Waals surface area contributed by atoms with Gasteiger partial charge in [0.15, 0.2) is 9.84 Å². The normalized spacial score (nSPS) is 41.2. The summed E-state index contributed by atoms with van der Waals surface area (Å²) >= 11 is 0. The van der Waals surface area contributed by atoms with Crippen molar-refractivity contribution in [2.24, 2.45) is 11.8 Å². The first-order valence-corrected chi connectivity index (χ1v) is 10.8. The van der Waals surface area contributed by atoms with Crippen LogP contribution in [0.5, 0.6) is 0 Å². The maximum atomic E-state index is 11.8. The standard InChI is InChI=1S/C17H31NO2S/c1-17(11-12-21(19,20)13-17)18-16-10-6-5-9-15(16)14-7-3-2-4-8-14/h14-16,18H,2-13H2,1H3. The molecule has 3 atom stereocenters. The molecule has 0 bridgehead atoms. The van der Waals surface area contributed by atoms with Gasteiger partial charge in [0, 0.05) is 11.6 Å². The number of hydrogen-bond acceptors (Lipinski definition) is 3. The zero-order chi connectivity index (χ0) is 14.9. The Bertz CT molecular complexity index is 455.